The minimum absolute atomic E-state index is 0.258. The molecule has 2 N–H and O–H groups in total. The van der Waals surface area contributed by atoms with Crippen LogP contribution in [0.1, 0.15) is 44.6 Å². The Morgan fingerprint density at radius 3 is 2.62 bits per heavy atom. The summed E-state index contributed by atoms with van der Waals surface area (Å²) in [6.45, 7) is 3.37. The first-order chi connectivity index (χ1) is 11.7. The lowest BCUT2D eigenvalue weighted by Crippen LogP contribution is -2.40. The van der Waals surface area contributed by atoms with E-state index in [1.165, 1.54) is 32.1 Å². The molecule has 130 valence electrons. The molecule has 1 heterocycles. The zero-order valence-electron chi connectivity index (χ0n) is 14.2. The van der Waals surface area contributed by atoms with Crippen LogP contribution in [0.5, 0.6) is 0 Å². The number of carboxylic acid groups (broad SMARTS) is 1. The minimum Gasteiger partial charge on any atom is -0.478 e. The second kappa shape index (κ2) is 7.81. The highest BCUT2D eigenvalue weighted by molar-refractivity contribution is 5.96. The molecule has 1 saturated carbocycles. The lowest BCUT2D eigenvalue weighted by molar-refractivity contribution is -0.134. The standard InChI is InChI=1S/C19H26N2O3/c1-14-17(19(22)23)18(15-8-4-2-5-9-15)24-21(14)13-12-20-16-10-6-3-7-11-16/h2,4-5,8-9,14,16,20H,3,6-7,10-13H2,1H3,(H,22,23). The van der Waals surface area contributed by atoms with E-state index in [2.05, 4.69) is 5.32 Å². The van der Waals surface area contributed by atoms with Gasteiger partial charge in [-0.2, -0.15) is 0 Å². The fourth-order valence-electron chi connectivity index (χ4n) is 3.58. The maximum Gasteiger partial charge on any atom is 0.337 e. The molecule has 0 saturated heterocycles. The van der Waals surface area contributed by atoms with E-state index in [1.807, 2.05) is 37.3 Å². The number of nitrogens with zero attached hydrogens (tertiary/aromatic N) is 1. The third kappa shape index (κ3) is 3.79. The summed E-state index contributed by atoms with van der Waals surface area (Å²) in [6, 6.07) is 9.80. The Morgan fingerprint density at radius 1 is 1.25 bits per heavy atom. The van der Waals surface area contributed by atoms with Crippen molar-refractivity contribution in [3.63, 3.8) is 0 Å². The number of nitrogens with one attached hydrogen (secondary N) is 1. The molecule has 0 spiro atoms. The third-order valence-electron chi connectivity index (χ3n) is 4.94. The highest BCUT2D eigenvalue weighted by Crippen LogP contribution is 2.32. The van der Waals surface area contributed by atoms with Gasteiger partial charge in [-0.05, 0) is 19.8 Å². The summed E-state index contributed by atoms with van der Waals surface area (Å²) in [5, 5.41) is 14.9. The third-order valence-corrected chi connectivity index (χ3v) is 4.94. The Bertz CT molecular complexity index is 594. The van der Waals surface area contributed by atoms with E-state index >= 15 is 0 Å². The molecule has 1 unspecified atom stereocenters. The van der Waals surface area contributed by atoms with Crippen molar-refractivity contribution in [2.24, 2.45) is 0 Å². The summed E-state index contributed by atoms with van der Waals surface area (Å²) in [6.07, 6.45) is 6.43. The molecular weight excluding hydrogens is 304 g/mol. The van der Waals surface area contributed by atoms with Gasteiger partial charge in [0.05, 0.1) is 6.04 Å². The van der Waals surface area contributed by atoms with E-state index in [1.54, 1.807) is 5.06 Å². The van der Waals surface area contributed by atoms with Crippen LogP contribution in [-0.2, 0) is 9.63 Å². The molecule has 3 rings (SSSR count). The van der Waals surface area contributed by atoms with E-state index < -0.39 is 5.97 Å². The molecule has 1 aromatic carbocycles. The largest absolute Gasteiger partial charge is 0.478 e. The van der Waals surface area contributed by atoms with Gasteiger partial charge in [-0.3, -0.25) is 0 Å². The van der Waals surface area contributed by atoms with Crippen LogP contribution in [0, 0.1) is 0 Å². The number of hydrogen-bond acceptors (Lipinski definition) is 4. The highest BCUT2D eigenvalue weighted by Gasteiger charge is 2.36. The molecule has 5 nitrogen and oxygen atoms in total. The van der Waals surface area contributed by atoms with Gasteiger partial charge in [0, 0.05) is 24.7 Å². The number of rotatable bonds is 6. The molecule has 1 aliphatic heterocycles. The first-order valence-electron chi connectivity index (χ1n) is 8.87. The average Bonchev–Trinajstić information content (AvgIpc) is 2.94. The maximum absolute atomic E-state index is 11.7. The monoisotopic (exact) mass is 330 g/mol. The van der Waals surface area contributed by atoms with E-state index in [0.29, 0.717) is 23.9 Å². The first kappa shape index (κ1) is 17.0. The molecular formula is C19H26N2O3. The number of carboxylic acids is 1. The van der Waals surface area contributed by atoms with Crippen molar-refractivity contribution in [2.45, 2.75) is 51.1 Å². The molecule has 1 aliphatic carbocycles. The van der Waals surface area contributed by atoms with Gasteiger partial charge < -0.3 is 15.3 Å². The zero-order valence-corrected chi connectivity index (χ0v) is 14.2. The second-order valence-electron chi connectivity index (χ2n) is 6.61. The molecule has 0 bridgehead atoms. The van der Waals surface area contributed by atoms with Crippen LogP contribution in [-0.4, -0.2) is 41.3 Å². The Hall–Kier alpha value is -1.85. The average molecular weight is 330 g/mol. The van der Waals surface area contributed by atoms with Gasteiger partial charge in [-0.1, -0.05) is 49.6 Å². The smallest absolute Gasteiger partial charge is 0.337 e. The number of carbonyl (C=O) groups is 1. The fourth-order valence-corrected chi connectivity index (χ4v) is 3.58. The molecule has 24 heavy (non-hydrogen) atoms. The van der Waals surface area contributed by atoms with Crippen molar-refractivity contribution in [1.29, 1.82) is 0 Å². The van der Waals surface area contributed by atoms with E-state index in [9.17, 15) is 9.90 Å². The van der Waals surface area contributed by atoms with E-state index in [-0.39, 0.29) is 6.04 Å². The Labute approximate surface area is 143 Å². The molecule has 0 radical (unpaired) electrons. The molecule has 2 aliphatic rings. The van der Waals surface area contributed by atoms with E-state index in [0.717, 1.165) is 12.1 Å². The molecule has 1 atom stereocenters. The highest BCUT2D eigenvalue weighted by atomic mass is 16.7. The number of hydroxylamine groups is 2. The topological polar surface area (TPSA) is 61.8 Å². The Kier molecular flexibility index (Phi) is 5.53. The van der Waals surface area contributed by atoms with Crippen LogP contribution >= 0.6 is 0 Å². The van der Waals surface area contributed by atoms with Crippen molar-refractivity contribution in [2.75, 3.05) is 13.1 Å². The molecule has 5 heteroatoms. The van der Waals surface area contributed by atoms with E-state index in [4.69, 9.17) is 4.84 Å². The molecule has 0 aromatic heterocycles. The van der Waals surface area contributed by atoms with Crippen LogP contribution in [0.25, 0.3) is 5.76 Å². The van der Waals surface area contributed by atoms with Crippen molar-refractivity contribution >= 4 is 11.7 Å². The predicted molar refractivity (Wildman–Crippen MR) is 93.1 cm³/mol. The van der Waals surface area contributed by atoms with Gasteiger partial charge in [-0.15, -0.1) is 5.06 Å². The van der Waals surface area contributed by atoms with Crippen molar-refractivity contribution in [3.05, 3.63) is 41.5 Å². The summed E-state index contributed by atoms with van der Waals surface area (Å²) in [4.78, 5) is 17.6. The van der Waals surface area contributed by atoms with Crippen molar-refractivity contribution in [1.82, 2.24) is 10.4 Å². The zero-order chi connectivity index (χ0) is 16.9. The molecule has 1 aromatic rings. The Morgan fingerprint density at radius 2 is 1.96 bits per heavy atom. The van der Waals surface area contributed by atoms with Crippen LogP contribution in [0.4, 0.5) is 0 Å². The first-order valence-corrected chi connectivity index (χ1v) is 8.87. The van der Waals surface area contributed by atoms with Crippen molar-refractivity contribution < 1.29 is 14.7 Å². The lowest BCUT2D eigenvalue weighted by atomic mass is 9.95. The minimum atomic E-state index is -0.913. The quantitative estimate of drug-likeness (QED) is 0.839. The number of benzene rings is 1. The summed E-state index contributed by atoms with van der Waals surface area (Å²) >= 11 is 0. The SMILES string of the molecule is CC1C(C(=O)O)=C(c2ccccc2)ON1CCNC1CCCCC1. The predicted octanol–water partition coefficient (Wildman–Crippen LogP) is 3.04. The second-order valence-corrected chi connectivity index (χ2v) is 6.61. The maximum atomic E-state index is 11.7. The van der Waals surface area contributed by atoms with Crippen LogP contribution in [0.3, 0.4) is 0 Å². The normalized spacial score (nSPS) is 22.6. The molecule has 1 fully saturated rings. The Balaban J connectivity index is 1.62. The van der Waals surface area contributed by atoms with Crippen LogP contribution in [0.15, 0.2) is 35.9 Å². The van der Waals surface area contributed by atoms with Gasteiger partial charge in [0.2, 0.25) is 0 Å². The lowest BCUT2D eigenvalue weighted by Gasteiger charge is -2.25. The fraction of sp³-hybridized carbons (Fsp3) is 0.526. The summed E-state index contributed by atoms with van der Waals surface area (Å²) < 4.78 is 0. The summed E-state index contributed by atoms with van der Waals surface area (Å²) in [5.74, 6) is -0.447. The molecule has 0 amide bonds. The number of aliphatic carboxylic acids is 1. The van der Waals surface area contributed by atoms with Gasteiger partial charge in [-0.25, -0.2) is 4.79 Å². The van der Waals surface area contributed by atoms with Crippen molar-refractivity contribution in [3.8, 4) is 0 Å². The number of hydrogen-bond donors (Lipinski definition) is 2. The summed E-state index contributed by atoms with van der Waals surface area (Å²) in [7, 11) is 0. The van der Waals surface area contributed by atoms with Gasteiger partial charge in [0.1, 0.15) is 5.57 Å². The summed E-state index contributed by atoms with van der Waals surface area (Å²) in [5.41, 5.74) is 1.14. The van der Waals surface area contributed by atoms with Gasteiger partial charge in [0.25, 0.3) is 0 Å². The van der Waals surface area contributed by atoms with Crippen LogP contribution in [0.2, 0.25) is 0 Å². The van der Waals surface area contributed by atoms with Gasteiger partial charge in [0.15, 0.2) is 5.76 Å². The van der Waals surface area contributed by atoms with Crippen LogP contribution < -0.4 is 5.32 Å². The van der Waals surface area contributed by atoms with Gasteiger partial charge >= 0.3 is 5.97 Å².